The van der Waals surface area contributed by atoms with Crippen LogP contribution in [0.4, 0.5) is 4.39 Å². The van der Waals surface area contributed by atoms with E-state index in [9.17, 15) is 4.39 Å². The Labute approximate surface area is 188 Å². The smallest absolute Gasteiger partial charge is 0.193 e. The standard InChI is InChI=1S/C21H29FN4S.HI/c1-23-21(25(2)14-17-7-9-19(22)10-8-17)24-13-18-5-3-11-26(15-18)16-20-6-4-12-27-20;/h4,6-10,12,18H,3,5,11,13-16H2,1-2H3,(H,23,24);1H. The van der Waals surface area contributed by atoms with Crippen molar-refractivity contribution >= 4 is 41.3 Å². The summed E-state index contributed by atoms with van der Waals surface area (Å²) in [5, 5.41) is 5.68. The first kappa shape index (κ1) is 23.1. The summed E-state index contributed by atoms with van der Waals surface area (Å²) in [6.07, 6.45) is 2.51. The first-order chi connectivity index (χ1) is 13.1. The number of hydrogen-bond donors (Lipinski definition) is 1. The fraction of sp³-hybridized carbons (Fsp3) is 0.476. The minimum Gasteiger partial charge on any atom is -0.356 e. The molecule has 1 aromatic heterocycles. The van der Waals surface area contributed by atoms with Crippen molar-refractivity contribution in [3.8, 4) is 0 Å². The van der Waals surface area contributed by atoms with Gasteiger partial charge in [0, 0.05) is 45.2 Å². The van der Waals surface area contributed by atoms with Gasteiger partial charge < -0.3 is 10.2 Å². The quantitative estimate of drug-likeness (QED) is 0.350. The minimum atomic E-state index is -0.201. The lowest BCUT2D eigenvalue weighted by atomic mass is 9.98. The normalized spacial score (nSPS) is 17.8. The molecule has 1 unspecified atom stereocenters. The van der Waals surface area contributed by atoms with Crippen molar-refractivity contribution < 1.29 is 4.39 Å². The highest BCUT2D eigenvalue weighted by atomic mass is 127. The van der Waals surface area contributed by atoms with E-state index in [2.05, 4.69) is 37.6 Å². The van der Waals surface area contributed by atoms with E-state index < -0.39 is 0 Å². The number of nitrogens with one attached hydrogen (secondary N) is 1. The number of nitrogens with zero attached hydrogens (tertiary/aromatic N) is 3. The number of guanidine groups is 1. The molecule has 0 radical (unpaired) electrons. The zero-order valence-corrected chi connectivity index (χ0v) is 19.8. The van der Waals surface area contributed by atoms with Gasteiger partial charge in [0.15, 0.2) is 5.96 Å². The van der Waals surface area contributed by atoms with Gasteiger partial charge in [0.05, 0.1) is 0 Å². The van der Waals surface area contributed by atoms with Gasteiger partial charge >= 0.3 is 0 Å². The molecule has 0 saturated carbocycles. The van der Waals surface area contributed by atoms with Crippen molar-refractivity contribution in [2.24, 2.45) is 10.9 Å². The third-order valence-electron chi connectivity index (χ3n) is 5.02. The summed E-state index contributed by atoms with van der Waals surface area (Å²) in [5.74, 6) is 1.32. The second kappa shape index (κ2) is 11.7. The molecule has 1 saturated heterocycles. The molecule has 28 heavy (non-hydrogen) atoms. The molecule has 0 spiro atoms. The number of benzene rings is 1. The third kappa shape index (κ3) is 7.00. The van der Waals surface area contributed by atoms with Crippen LogP contribution in [-0.4, -0.2) is 49.5 Å². The maximum Gasteiger partial charge on any atom is 0.193 e. The highest BCUT2D eigenvalue weighted by Crippen LogP contribution is 2.20. The number of likely N-dealkylation sites (tertiary alicyclic amines) is 1. The van der Waals surface area contributed by atoms with Crippen LogP contribution in [0.5, 0.6) is 0 Å². The monoisotopic (exact) mass is 516 g/mol. The molecule has 1 N–H and O–H groups in total. The number of hydrogen-bond acceptors (Lipinski definition) is 3. The van der Waals surface area contributed by atoms with E-state index >= 15 is 0 Å². The van der Waals surface area contributed by atoms with Crippen LogP contribution in [0, 0.1) is 11.7 Å². The van der Waals surface area contributed by atoms with Crippen LogP contribution in [0.25, 0.3) is 0 Å². The van der Waals surface area contributed by atoms with Gasteiger partial charge in [-0.15, -0.1) is 35.3 Å². The Bertz CT molecular complexity index is 721. The maximum atomic E-state index is 13.1. The summed E-state index contributed by atoms with van der Waals surface area (Å²) in [6.45, 7) is 5.01. The Morgan fingerprint density at radius 1 is 1.32 bits per heavy atom. The first-order valence-corrected chi connectivity index (χ1v) is 10.4. The molecule has 1 aliphatic rings. The zero-order valence-electron chi connectivity index (χ0n) is 16.6. The second-order valence-electron chi connectivity index (χ2n) is 7.23. The number of aliphatic imine (C=N–C) groups is 1. The summed E-state index contributed by atoms with van der Waals surface area (Å²) in [4.78, 5) is 10.5. The lowest BCUT2D eigenvalue weighted by Crippen LogP contribution is -2.44. The Hall–Kier alpha value is -1.19. The molecule has 2 aromatic rings. The van der Waals surface area contributed by atoms with E-state index in [1.165, 1.54) is 36.4 Å². The van der Waals surface area contributed by atoms with Crippen molar-refractivity contribution in [1.82, 2.24) is 15.1 Å². The molecule has 4 nitrogen and oxygen atoms in total. The number of rotatable bonds is 6. The van der Waals surface area contributed by atoms with E-state index in [-0.39, 0.29) is 29.8 Å². The van der Waals surface area contributed by atoms with Gasteiger partial charge in [0.1, 0.15) is 5.82 Å². The van der Waals surface area contributed by atoms with E-state index in [1.807, 2.05) is 37.6 Å². The summed E-state index contributed by atoms with van der Waals surface area (Å²) in [5.41, 5.74) is 1.07. The Balaban J connectivity index is 0.00000280. The van der Waals surface area contributed by atoms with Gasteiger partial charge in [-0.3, -0.25) is 9.89 Å². The third-order valence-corrected chi connectivity index (χ3v) is 5.88. The largest absolute Gasteiger partial charge is 0.356 e. The highest BCUT2D eigenvalue weighted by molar-refractivity contribution is 14.0. The van der Waals surface area contributed by atoms with E-state index in [1.54, 1.807) is 0 Å². The number of halogens is 2. The van der Waals surface area contributed by atoms with Crippen LogP contribution in [0.2, 0.25) is 0 Å². The topological polar surface area (TPSA) is 30.9 Å². The molecule has 2 heterocycles. The van der Waals surface area contributed by atoms with E-state index in [0.29, 0.717) is 12.5 Å². The van der Waals surface area contributed by atoms with Gasteiger partial charge in [-0.05, 0) is 54.4 Å². The van der Waals surface area contributed by atoms with Crippen LogP contribution < -0.4 is 5.32 Å². The summed E-state index contributed by atoms with van der Waals surface area (Å²) < 4.78 is 13.1. The molecular formula is C21H30FIN4S. The summed E-state index contributed by atoms with van der Waals surface area (Å²) in [6, 6.07) is 11.0. The van der Waals surface area contributed by atoms with Crippen LogP contribution in [0.1, 0.15) is 23.3 Å². The average molecular weight is 516 g/mol. The molecule has 1 atom stereocenters. The average Bonchev–Trinajstić information content (AvgIpc) is 3.17. The molecule has 0 amide bonds. The molecule has 154 valence electrons. The predicted molar refractivity (Wildman–Crippen MR) is 127 cm³/mol. The van der Waals surface area contributed by atoms with E-state index in [4.69, 9.17) is 0 Å². The fourth-order valence-corrected chi connectivity index (χ4v) is 4.39. The van der Waals surface area contributed by atoms with Crippen LogP contribution in [0.15, 0.2) is 46.8 Å². The Kier molecular flexibility index (Phi) is 9.67. The molecule has 0 bridgehead atoms. The first-order valence-electron chi connectivity index (χ1n) is 9.55. The lowest BCUT2D eigenvalue weighted by molar-refractivity contribution is 0.169. The Morgan fingerprint density at radius 2 is 2.11 bits per heavy atom. The van der Waals surface area contributed by atoms with E-state index in [0.717, 1.165) is 31.2 Å². The van der Waals surface area contributed by atoms with Crippen molar-refractivity contribution in [2.75, 3.05) is 33.7 Å². The minimum absolute atomic E-state index is 0. The summed E-state index contributed by atoms with van der Waals surface area (Å²) >= 11 is 1.84. The number of piperidine rings is 1. The predicted octanol–water partition coefficient (Wildman–Crippen LogP) is 4.42. The van der Waals surface area contributed by atoms with Crippen molar-refractivity contribution in [1.29, 1.82) is 0 Å². The molecule has 7 heteroatoms. The van der Waals surface area contributed by atoms with Gasteiger partial charge in [-0.25, -0.2) is 4.39 Å². The second-order valence-corrected chi connectivity index (χ2v) is 8.27. The van der Waals surface area contributed by atoms with Gasteiger partial charge in [0.2, 0.25) is 0 Å². The van der Waals surface area contributed by atoms with Gasteiger partial charge in [-0.2, -0.15) is 0 Å². The molecule has 1 aliphatic heterocycles. The van der Waals surface area contributed by atoms with Crippen LogP contribution in [0.3, 0.4) is 0 Å². The van der Waals surface area contributed by atoms with Gasteiger partial charge in [-0.1, -0.05) is 18.2 Å². The molecule has 3 rings (SSSR count). The van der Waals surface area contributed by atoms with Crippen molar-refractivity contribution in [3.05, 3.63) is 58.0 Å². The molecule has 1 aromatic carbocycles. The molecule has 1 fully saturated rings. The summed E-state index contributed by atoms with van der Waals surface area (Å²) in [7, 11) is 3.83. The van der Waals surface area contributed by atoms with Crippen molar-refractivity contribution in [3.63, 3.8) is 0 Å². The molecular weight excluding hydrogens is 486 g/mol. The fourth-order valence-electron chi connectivity index (χ4n) is 3.64. The highest BCUT2D eigenvalue weighted by Gasteiger charge is 2.21. The maximum absolute atomic E-state index is 13.1. The zero-order chi connectivity index (χ0) is 19.1. The van der Waals surface area contributed by atoms with Crippen LogP contribution >= 0.6 is 35.3 Å². The number of thiophene rings is 1. The van der Waals surface area contributed by atoms with Gasteiger partial charge in [0.25, 0.3) is 0 Å². The van der Waals surface area contributed by atoms with Crippen LogP contribution in [-0.2, 0) is 13.1 Å². The van der Waals surface area contributed by atoms with Crippen molar-refractivity contribution in [2.45, 2.75) is 25.9 Å². The molecule has 0 aliphatic carbocycles. The Morgan fingerprint density at radius 3 is 2.79 bits per heavy atom. The SMILES string of the molecule is CN=C(NCC1CCCN(Cc2cccs2)C1)N(C)Cc1ccc(F)cc1.I. The lowest BCUT2D eigenvalue weighted by Gasteiger charge is -2.33.